The Morgan fingerprint density at radius 1 is 1.53 bits per heavy atom. The molecule has 1 heterocycles. The molecule has 0 bridgehead atoms. The molecule has 0 aromatic carbocycles. The number of carboxylic acid groups (broad SMARTS) is 1. The van der Waals surface area contributed by atoms with Gasteiger partial charge in [0.1, 0.15) is 0 Å². The molecule has 0 aliphatic heterocycles. The van der Waals surface area contributed by atoms with E-state index in [-0.39, 0.29) is 18.3 Å². The second kappa shape index (κ2) is 5.42. The van der Waals surface area contributed by atoms with Crippen LogP contribution >= 0.6 is 0 Å². The maximum absolute atomic E-state index is 11.1. The number of hydrogen-bond donors (Lipinski definition) is 1. The average Bonchev–Trinajstić information content (AvgIpc) is 2.72. The molecule has 0 saturated heterocycles. The number of fused-ring (bicyclic) bond motifs is 1. The van der Waals surface area contributed by atoms with Crippen molar-refractivity contribution in [1.29, 1.82) is 0 Å². The van der Waals surface area contributed by atoms with E-state index in [9.17, 15) is 9.59 Å². The molecule has 1 aromatic rings. The summed E-state index contributed by atoms with van der Waals surface area (Å²) in [5.41, 5.74) is 2.97. The quantitative estimate of drug-likeness (QED) is 0.820. The molecule has 0 spiro atoms. The fourth-order valence-electron chi connectivity index (χ4n) is 2.50. The Labute approximate surface area is 111 Å². The first-order chi connectivity index (χ1) is 9.02. The minimum atomic E-state index is -0.743. The zero-order valence-corrected chi connectivity index (χ0v) is 11.2. The molecule has 2 rings (SSSR count). The summed E-state index contributed by atoms with van der Waals surface area (Å²) in [7, 11) is 1.36. The smallest absolute Gasteiger partial charge is 0.307 e. The van der Waals surface area contributed by atoms with Crippen molar-refractivity contribution in [2.75, 3.05) is 7.11 Å². The van der Waals surface area contributed by atoms with Crippen molar-refractivity contribution in [3.05, 3.63) is 17.0 Å². The van der Waals surface area contributed by atoms with Gasteiger partial charge < -0.3 is 9.84 Å². The van der Waals surface area contributed by atoms with Gasteiger partial charge in [-0.2, -0.15) is 5.10 Å². The minimum Gasteiger partial charge on any atom is -0.481 e. The molecule has 19 heavy (non-hydrogen) atoms. The number of carbonyl (C=O) groups excluding carboxylic acids is 1. The summed E-state index contributed by atoms with van der Waals surface area (Å²) >= 11 is 0. The van der Waals surface area contributed by atoms with Crippen LogP contribution < -0.4 is 0 Å². The van der Waals surface area contributed by atoms with Crippen molar-refractivity contribution in [2.45, 2.75) is 39.2 Å². The van der Waals surface area contributed by atoms with E-state index in [0.717, 1.165) is 17.0 Å². The molecule has 1 atom stereocenters. The van der Waals surface area contributed by atoms with Crippen molar-refractivity contribution < 1.29 is 19.4 Å². The van der Waals surface area contributed by atoms with E-state index >= 15 is 0 Å². The maximum Gasteiger partial charge on any atom is 0.307 e. The Bertz CT molecular complexity index is 507. The molecule has 0 amide bonds. The van der Waals surface area contributed by atoms with E-state index in [1.165, 1.54) is 7.11 Å². The highest BCUT2D eigenvalue weighted by Gasteiger charge is 2.28. The zero-order valence-electron chi connectivity index (χ0n) is 11.2. The van der Waals surface area contributed by atoms with Gasteiger partial charge in [0.05, 0.1) is 31.7 Å². The second-order valence-corrected chi connectivity index (χ2v) is 4.84. The van der Waals surface area contributed by atoms with Crippen molar-refractivity contribution in [3.8, 4) is 0 Å². The van der Waals surface area contributed by atoms with Crippen LogP contribution in [0.25, 0.3) is 0 Å². The first-order valence-electron chi connectivity index (χ1n) is 6.37. The lowest BCUT2D eigenvalue weighted by atomic mass is 9.87. The van der Waals surface area contributed by atoms with Crippen LogP contribution in [0.3, 0.4) is 0 Å². The first kappa shape index (κ1) is 13.6. The van der Waals surface area contributed by atoms with Crippen LogP contribution in [-0.4, -0.2) is 33.9 Å². The molecule has 6 heteroatoms. The van der Waals surface area contributed by atoms with Gasteiger partial charge in [-0.05, 0) is 31.7 Å². The summed E-state index contributed by atoms with van der Waals surface area (Å²) in [5, 5.41) is 13.5. The third-order valence-electron chi connectivity index (χ3n) is 3.70. The lowest BCUT2D eigenvalue weighted by molar-refractivity contribution is -0.142. The van der Waals surface area contributed by atoms with Crippen LogP contribution in [0.5, 0.6) is 0 Å². The number of esters is 1. The molecule has 1 unspecified atom stereocenters. The number of hydrogen-bond acceptors (Lipinski definition) is 4. The predicted molar refractivity (Wildman–Crippen MR) is 66.7 cm³/mol. The standard InChI is InChI=1S/C13H18N2O4/c1-8-10-7-9(13(17)18)3-4-11(10)14-15(8)6-5-12(16)19-2/h9H,3-7H2,1-2H3,(H,17,18). The van der Waals surface area contributed by atoms with Crippen molar-refractivity contribution >= 4 is 11.9 Å². The van der Waals surface area contributed by atoms with E-state index in [2.05, 4.69) is 9.84 Å². The number of rotatable bonds is 4. The summed E-state index contributed by atoms with van der Waals surface area (Å²) in [6.07, 6.45) is 2.14. The number of methoxy groups -OCH3 is 1. The van der Waals surface area contributed by atoms with Gasteiger partial charge in [0.25, 0.3) is 0 Å². The van der Waals surface area contributed by atoms with Gasteiger partial charge in [-0.1, -0.05) is 0 Å². The van der Waals surface area contributed by atoms with Gasteiger partial charge in [0.15, 0.2) is 0 Å². The van der Waals surface area contributed by atoms with Gasteiger partial charge in [0.2, 0.25) is 0 Å². The number of aliphatic carboxylic acids is 1. The highest BCUT2D eigenvalue weighted by Crippen LogP contribution is 2.27. The highest BCUT2D eigenvalue weighted by atomic mass is 16.5. The summed E-state index contributed by atoms with van der Waals surface area (Å²) in [6, 6.07) is 0. The molecule has 1 aromatic heterocycles. The summed E-state index contributed by atoms with van der Waals surface area (Å²) < 4.78 is 6.39. The fourth-order valence-corrected chi connectivity index (χ4v) is 2.50. The molecular formula is C13H18N2O4. The van der Waals surface area contributed by atoms with Crippen LogP contribution in [0, 0.1) is 12.8 Å². The number of aryl methyl sites for hydroxylation is 2. The van der Waals surface area contributed by atoms with Crippen LogP contribution in [0.2, 0.25) is 0 Å². The summed E-state index contributed by atoms with van der Waals surface area (Å²) in [5.74, 6) is -1.33. The molecular weight excluding hydrogens is 248 g/mol. The Morgan fingerprint density at radius 3 is 2.89 bits per heavy atom. The van der Waals surface area contributed by atoms with E-state index in [1.807, 2.05) is 6.92 Å². The lowest BCUT2D eigenvalue weighted by Crippen LogP contribution is -2.22. The van der Waals surface area contributed by atoms with Gasteiger partial charge in [0, 0.05) is 5.69 Å². The highest BCUT2D eigenvalue weighted by molar-refractivity contribution is 5.71. The largest absolute Gasteiger partial charge is 0.481 e. The van der Waals surface area contributed by atoms with E-state index in [0.29, 0.717) is 25.8 Å². The third-order valence-corrected chi connectivity index (χ3v) is 3.70. The molecule has 0 saturated carbocycles. The van der Waals surface area contributed by atoms with Crippen molar-refractivity contribution in [1.82, 2.24) is 9.78 Å². The molecule has 0 fully saturated rings. The van der Waals surface area contributed by atoms with Crippen molar-refractivity contribution in [2.24, 2.45) is 5.92 Å². The minimum absolute atomic E-state index is 0.267. The molecule has 104 valence electrons. The third kappa shape index (κ3) is 2.77. The Balaban J connectivity index is 2.13. The number of ether oxygens (including phenoxy) is 1. The number of aromatic nitrogens is 2. The van der Waals surface area contributed by atoms with Gasteiger partial charge in [-0.15, -0.1) is 0 Å². The maximum atomic E-state index is 11.1. The zero-order chi connectivity index (χ0) is 14.0. The number of carboxylic acids is 1. The monoisotopic (exact) mass is 266 g/mol. The fraction of sp³-hybridized carbons (Fsp3) is 0.615. The lowest BCUT2D eigenvalue weighted by Gasteiger charge is -2.17. The van der Waals surface area contributed by atoms with Gasteiger partial charge >= 0.3 is 11.9 Å². The van der Waals surface area contributed by atoms with E-state index in [1.54, 1.807) is 4.68 Å². The topological polar surface area (TPSA) is 81.4 Å². The van der Waals surface area contributed by atoms with E-state index in [4.69, 9.17) is 5.11 Å². The van der Waals surface area contributed by atoms with Gasteiger partial charge in [-0.25, -0.2) is 0 Å². The van der Waals surface area contributed by atoms with Gasteiger partial charge in [-0.3, -0.25) is 14.3 Å². The Morgan fingerprint density at radius 2 is 2.26 bits per heavy atom. The average molecular weight is 266 g/mol. The SMILES string of the molecule is COC(=O)CCn1nc2c(c1C)CC(C(=O)O)CC2. The van der Waals surface area contributed by atoms with Crippen LogP contribution in [-0.2, 0) is 33.7 Å². The molecule has 1 aliphatic carbocycles. The second-order valence-electron chi connectivity index (χ2n) is 4.84. The van der Waals surface area contributed by atoms with Crippen molar-refractivity contribution in [3.63, 3.8) is 0 Å². The van der Waals surface area contributed by atoms with Crippen LogP contribution in [0.4, 0.5) is 0 Å². The van der Waals surface area contributed by atoms with Crippen LogP contribution in [0.15, 0.2) is 0 Å². The first-order valence-corrected chi connectivity index (χ1v) is 6.37. The molecule has 1 N–H and O–H groups in total. The summed E-state index contributed by atoms with van der Waals surface area (Å²) in [4.78, 5) is 22.2. The Kier molecular flexibility index (Phi) is 3.87. The number of nitrogens with zero attached hydrogens (tertiary/aromatic N) is 2. The molecule has 1 aliphatic rings. The Hall–Kier alpha value is -1.85. The normalized spacial score (nSPS) is 17.9. The van der Waals surface area contributed by atoms with Crippen LogP contribution in [0.1, 0.15) is 29.8 Å². The molecule has 6 nitrogen and oxygen atoms in total. The predicted octanol–water partition coefficient (Wildman–Crippen LogP) is 0.944. The summed E-state index contributed by atoms with van der Waals surface area (Å²) in [6.45, 7) is 2.40. The number of carbonyl (C=O) groups is 2. The van der Waals surface area contributed by atoms with E-state index < -0.39 is 5.97 Å². The molecule has 0 radical (unpaired) electrons.